The van der Waals surface area contributed by atoms with Crippen LogP contribution in [-0.4, -0.2) is 64.8 Å². The minimum absolute atomic E-state index is 0.140. The van der Waals surface area contributed by atoms with E-state index >= 15 is 0 Å². The topological polar surface area (TPSA) is 80.3 Å². The summed E-state index contributed by atoms with van der Waals surface area (Å²) < 4.78 is 25.8. The van der Waals surface area contributed by atoms with Crippen LogP contribution in [0.15, 0.2) is 0 Å². The van der Waals surface area contributed by atoms with Gasteiger partial charge in [-0.25, -0.2) is 0 Å². The molecule has 0 heterocycles. The first-order valence-electron chi connectivity index (χ1n) is 11.2. The van der Waals surface area contributed by atoms with Crippen LogP contribution in [-0.2, 0) is 33.3 Å². The predicted octanol–water partition coefficient (Wildman–Crippen LogP) is 4.06. The van der Waals surface area contributed by atoms with Crippen molar-refractivity contribution in [3.05, 3.63) is 0 Å². The highest BCUT2D eigenvalue weighted by Gasteiger charge is 2.02. The molecule has 0 saturated heterocycles. The average Bonchev–Trinajstić information content (AvgIpc) is 2.70. The van der Waals surface area contributed by atoms with E-state index in [9.17, 15) is 9.59 Å². The van der Waals surface area contributed by atoms with Gasteiger partial charge in [0.1, 0.15) is 13.2 Å². The lowest BCUT2D eigenvalue weighted by Gasteiger charge is -2.08. The van der Waals surface area contributed by atoms with Gasteiger partial charge in [0.2, 0.25) is 0 Å². The zero-order chi connectivity index (χ0) is 21.4. The molecule has 0 aliphatic heterocycles. The van der Waals surface area contributed by atoms with E-state index in [1.807, 2.05) is 0 Å². The van der Waals surface area contributed by atoms with E-state index in [4.69, 9.17) is 23.7 Å². The molecule has 7 heteroatoms. The van der Waals surface area contributed by atoms with E-state index in [2.05, 4.69) is 6.92 Å². The van der Waals surface area contributed by atoms with Crippen LogP contribution in [0.25, 0.3) is 0 Å². The maximum Gasteiger partial charge on any atom is 0.305 e. The molecule has 0 rings (SSSR count). The molecule has 29 heavy (non-hydrogen) atoms. The molecule has 0 aromatic carbocycles. The van der Waals surface area contributed by atoms with Crippen LogP contribution in [0, 0.1) is 0 Å². The third kappa shape index (κ3) is 24.8. The number of hydrogen-bond donors (Lipinski definition) is 0. The number of ether oxygens (including phenoxy) is 5. The summed E-state index contributed by atoms with van der Waals surface area (Å²) in [5.74, 6) is -0.449. The van der Waals surface area contributed by atoms with Gasteiger partial charge in [-0.3, -0.25) is 9.59 Å². The first-order valence-corrected chi connectivity index (χ1v) is 11.2. The largest absolute Gasteiger partial charge is 0.463 e. The Morgan fingerprint density at radius 3 is 1.45 bits per heavy atom. The molecule has 0 amide bonds. The Kier molecular flexibility index (Phi) is 22.2. The smallest absolute Gasteiger partial charge is 0.305 e. The first kappa shape index (κ1) is 27.8. The van der Waals surface area contributed by atoms with E-state index in [0.29, 0.717) is 46.1 Å². The molecular weight excluding hydrogens is 376 g/mol. The average molecular weight is 419 g/mol. The number of unbranched alkanes of at least 4 members (excludes halogenated alkanes) is 8. The van der Waals surface area contributed by atoms with Crippen LogP contribution < -0.4 is 0 Å². The zero-order valence-electron chi connectivity index (χ0n) is 18.6. The quantitative estimate of drug-likeness (QED) is 0.194. The van der Waals surface area contributed by atoms with E-state index in [1.54, 1.807) is 0 Å². The number of carbonyl (C=O) groups excluding carboxylic acids is 2. The van der Waals surface area contributed by atoms with Crippen molar-refractivity contribution in [1.29, 1.82) is 0 Å². The third-order valence-electron chi connectivity index (χ3n) is 4.25. The van der Waals surface area contributed by atoms with Crippen molar-refractivity contribution in [2.45, 2.75) is 78.1 Å². The van der Waals surface area contributed by atoms with Gasteiger partial charge in [-0.15, -0.1) is 0 Å². The molecule has 0 spiro atoms. The second-order valence-corrected chi connectivity index (χ2v) is 6.98. The van der Waals surface area contributed by atoms with Gasteiger partial charge in [0.05, 0.1) is 39.6 Å². The van der Waals surface area contributed by atoms with Crippen molar-refractivity contribution in [3.63, 3.8) is 0 Å². The van der Waals surface area contributed by atoms with Gasteiger partial charge in [0.25, 0.3) is 0 Å². The fourth-order valence-corrected chi connectivity index (χ4v) is 2.65. The van der Waals surface area contributed by atoms with Gasteiger partial charge in [0.15, 0.2) is 0 Å². The molecule has 7 nitrogen and oxygen atoms in total. The maximum atomic E-state index is 11.6. The molecule has 0 aliphatic rings. The lowest BCUT2D eigenvalue weighted by Crippen LogP contribution is -2.14. The highest BCUT2D eigenvalue weighted by Crippen LogP contribution is 2.10. The van der Waals surface area contributed by atoms with Crippen molar-refractivity contribution >= 4 is 11.9 Å². The Balaban J connectivity index is 3.15. The fourth-order valence-electron chi connectivity index (χ4n) is 2.65. The van der Waals surface area contributed by atoms with Crippen molar-refractivity contribution < 1.29 is 33.3 Å². The molecule has 0 unspecified atom stereocenters. The second kappa shape index (κ2) is 23.1. The summed E-state index contributed by atoms with van der Waals surface area (Å²) in [5.41, 5.74) is 0. The molecule has 0 aromatic heterocycles. The standard InChI is InChI=1S/C22H42O7/c1-3-4-5-6-7-8-9-10-11-12-22(24)29-20-18-27-16-14-25-13-15-26-17-19-28-21(2)23/h3-20H2,1-2H3. The van der Waals surface area contributed by atoms with Gasteiger partial charge in [0, 0.05) is 13.3 Å². The second-order valence-electron chi connectivity index (χ2n) is 6.98. The number of hydrogen-bond acceptors (Lipinski definition) is 7. The molecule has 0 N–H and O–H groups in total. The minimum Gasteiger partial charge on any atom is -0.463 e. The zero-order valence-corrected chi connectivity index (χ0v) is 18.6. The molecule has 0 aromatic rings. The van der Waals surface area contributed by atoms with Gasteiger partial charge >= 0.3 is 11.9 Å². The molecular formula is C22H42O7. The SMILES string of the molecule is CCCCCCCCCCCC(=O)OCCOCCOCCOCCOC(C)=O. The van der Waals surface area contributed by atoms with Crippen molar-refractivity contribution in [3.8, 4) is 0 Å². The van der Waals surface area contributed by atoms with Crippen molar-refractivity contribution in [2.75, 3.05) is 52.9 Å². The summed E-state index contributed by atoms with van der Waals surface area (Å²) in [6.07, 6.45) is 11.6. The summed E-state index contributed by atoms with van der Waals surface area (Å²) in [4.78, 5) is 22.2. The Hall–Kier alpha value is -1.18. The van der Waals surface area contributed by atoms with Crippen LogP contribution >= 0.6 is 0 Å². The Labute approximate surface area is 176 Å². The monoisotopic (exact) mass is 418 g/mol. The molecule has 0 saturated carbocycles. The molecule has 0 aliphatic carbocycles. The van der Waals surface area contributed by atoms with Gasteiger partial charge < -0.3 is 23.7 Å². The molecule has 0 fully saturated rings. The molecule has 172 valence electrons. The van der Waals surface area contributed by atoms with E-state index in [-0.39, 0.29) is 25.2 Å². The summed E-state index contributed by atoms with van der Waals surface area (Å²) >= 11 is 0. The van der Waals surface area contributed by atoms with Crippen molar-refractivity contribution in [1.82, 2.24) is 0 Å². The van der Waals surface area contributed by atoms with Gasteiger partial charge in [-0.05, 0) is 6.42 Å². The lowest BCUT2D eigenvalue weighted by molar-refractivity contribution is -0.145. The van der Waals surface area contributed by atoms with Gasteiger partial charge in [-0.1, -0.05) is 58.3 Å². The van der Waals surface area contributed by atoms with Crippen LogP contribution in [0.3, 0.4) is 0 Å². The summed E-state index contributed by atoms with van der Waals surface area (Å²) in [6, 6.07) is 0. The normalized spacial score (nSPS) is 10.8. The van der Waals surface area contributed by atoms with E-state index in [0.717, 1.165) is 12.8 Å². The summed E-state index contributed by atoms with van der Waals surface area (Å²) in [7, 11) is 0. The summed E-state index contributed by atoms with van der Waals surface area (Å²) in [5, 5.41) is 0. The molecule has 0 bridgehead atoms. The lowest BCUT2D eigenvalue weighted by atomic mass is 10.1. The van der Waals surface area contributed by atoms with Crippen molar-refractivity contribution in [2.24, 2.45) is 0 Å². The Morgan fingerprint density at radius 1 is 0.552 bits per heavy atom. The number of esters is 2. The number of carbonyl (C=O) groups is 2. The highest BCUT2D eigenvalue weighted by atomic mass is 16.6. The molecule has 0 radical (unpaired) electrons. The predicted molar refractivity (Wildman–Crippen MR) is 112 cm³/mol. The van der Waals surface area contributed by atoms with Crippen LogP contribution in [0.2, 0.25) is 0 Å². The highest BCUT2D eigenvalue weighted by molar-refractivity contribution is 5.69. The minimum atomic E-state index is -0.309. The summed E-state index contributed by atoms with van der Waals surface area (Å²) in [6.45, 7) is 6.69. The fraction of sp³-hybridized carbons (Fsp3) is 0.909. The van der Waals surface area contributed by atoms with Crippen LogP contribution in [0.4, 0.5) is 0 Å². The third-order valence-corrected chi connectivity index (χ3v) is 4.25. The number of rotatable bonds is 22. The maximum absolute atomic E-state index is 11.6. The van der Waals surface area contributed by atoms with Crippen LogP contribution in [0.1, 0.15) is 78.1 Å². The van der Waals surface area contributed by atoms with E-state index < -0.39 is 0 Å². The van der Waals surface area contributed by atoms with E-state index in [1.165, 1.54) is 51.9 Å². The Morgan fingerprint density at radius 2 is 0.966 bits per heavy atom. The van der Waals surface area contributed by atoms with Crippen LogP contribution in [0.5, 0.6) is 0 Å². The Bertz CT molecular complexity index is 374. The molecule has 0 atom stereocenters. The first-order chi connectivity index (χ1) is 14.2. The van der Waals surface area contributed by atoms with Gasteiger partial charge in [-0.2, -0.15) is 0 Å².